The zero-order chi connectivity index (χ0) is 16.4. The molecule has 1 amide bonds. The number of methoxy groups -OCH3 is 1. The molecule has 6 heteroatoms. The van der Waals surface area contributed by atoms with Crippen LogP contribution in [0.4, 0.5) is 11.4 Å². The lowest BCUT2D eigenvalue weighted by atomic mass is 10.2. The van der Waals surface area contributed by atoms with Crippen molar-refractivity contribution in [3.63, 3.8) is 0 Å². The van der Waals surface area contributed by atoms with E-state index in [0.717, 1.165) is 12.8 Å². The number of carbonyl (C=O) groups excluding carboxylic acids is 1. The van der Waals surface area contributed by atoms with Gasteiger partial charge < -0.3 is 15.4 Å². The molecule has 1 rings (SSSR count). The fourth-order valence-corrected chi connectivity index (χ4v) is 1.69. The highest BCUT2D eigenvalue weighted by Crippen LogP contribution is 2.28. The summed E-state index contributed by atoms with van der Waals surface area (Å²) in [6.45, 7) is 2.02. The number of rotatable bonds is 7. The van der Waals surface area contributed by atoms with Gasteiger partial charge in [0.1, 0.15) is 23.5 Å². The average Bonchev–Trinajstić information content (AvgIpc) is 2.54. The van der Waals surface area contributed by atoms with E-state index in [2.05, 4.69) is 10.6 Å². The monoisotopic (exact) mass is 298 g/mol. The summed E-state index contributed by atoms with van der Waals surface area (Å²) in [5.74, 6) is 0.461. The third-order valence-corrected chi connectivity index (χ3v) is 2.86. The Kier molecular flexibility index (Phi) is 7.01. The van der Waals surface area contributed by atoms with Gasteiger partial charge in [-0.15, -0.1) is 0 Å². The summed E-state index contributed by atoms with van der Waals surface area (Å²) in [6, 6.07) is 8.63. The minimum absolute atomic E-state index is 0.0376. The number of anilines is 2. The smallest absolute Gasteiger partial charge is 0.224 e. The van der Waals surface area contributed by atoms with Crippen LogP contribution in [0.3, 0.4) is 0 Å². The highest BCUT2D eigenvalue weighted by Gasteiger charge is 2.08. The van der Waals surface area contributed by atoms with E-state index in [1.165, 1.54) is 13.3 Å². The van der Waals surface area contributed by atoms with Crippen LogP contribution >= 0.6 is 0 Å². The van der Waals surface area contributed by atoms with Crippen LogP contribution in [0, 0.1) is 22.7 Å². The van der Waals surface area contributed by atoms with Crippen LogP contribution in [0.25, 0.3) is 0 Å². The first-order valence-corrected chi connectivity index (χ1v) is 6.89. The minimum atomic E-state index is -0.0809. The molecule has 1 aromatic rings. The lowest BCUT2D eigenvalue weighted by Gasteiger charge is -2.12. The number of ether oxygens (including phenoxy) is 1. The van der Waals surface area contributed by atoms with Crippen molar-refractivity contribution in [3.8, 4) is 17.9 Å². The predicted octanol–water partition coefficient (Wildman–Crippen LogP) is 3.17. The Hall–Kier alpha value is -2.99. The Labute approximate surface area is 130 Å². The number of benzene rings is 1. The van der Waals surface area contributed by atoms with Crippen LogP contribution in [0.2, 0.25) is 0 Å². The number of nitrogens with one attached hydrogen (secondary N) is 2. The van der Waals surface area contributed by atoms with Gasteiger partial charge in [0.2, 0.25) is 5.91 Å². The summed E-state index contributed by atoms with van der Waals surface area (Å²) in [7, 11) is 1.52. The minimum Gasteiger partial charge on any atom is -0.495 e. The fraction of sp³-hybridized carbons (Fsp3) is 0.312. The molecule has 0 bridgehead atoms. The third-order valence-electron chi connectivity index (χ3n) is 2.86. The molecule has 0 atom stereocenters. The Balaban J connectivity index is 2.90. The summed E-state index contributed by atoms with van der Waals surface area (Å²) < 4.78 is 5.21. The first-order valence-electron chi connectivity index (χ1n) is 6.89. The standard InChI is InChI=1S/C16H18N4O2/c1-3-4-5-16(21)20-14-8-13(6-7-15(14)22-2)19-11-12(9-17)10-18/h6-8,11,19H,3-5H2,1-2H3,(H,20,21). The molecule has 1 aromatic carbocycles. The van der Waals surface area contributed by atoms with Gasteiger partial charge in [0.15, 0.2) is 0 Å². The zero-order valence-corrected chi connectivity index (χ0v) is 12.6. The summed E-state index contributed by atoms with van der Waals surface area (Å²) in [6.07, 6.45) is 3.53. The molecular weight excluding hydrogens is 280 g/mol. The molecular formula is C16H18N4O2. The third kappa shape index (κ3) is 5.18. The van der Waals surface area contributed by atoms with Crippen molar-refractivity contribution in [3.05, 3.63) is 30.0 Å². The van der Waals surface area contributed by atoms with E-state index in [1.807, 2.05) is 6.92 Å². The van der Waals surface area contributed by atoms with Gasteiger partial charge in [0, 0.05) is 18.3 Å². The van der Waals surface area contributed by atoms with Crippen molar-refractivity contribution in [2.24, 2.45) is 0 Å². The number of nitrogens with zero attached hydrogens (tertiary/aromatic N) is 2. The lowest BCUT2D eigenvalue weighted by molar-refractivity contribution is -0.116. The molecule has 0 saturated carbocycles. The van der Waals surface area contributed by atoms with Crippen molar-refractivity contribution < 1.29 is 9.53 Å². The van der Waals surface area contributed by atoms with Crippen molar-refractivity contribution in [2.45, 2.75) is 26.2 Å². The molecule has 114 valence electrons. The normalized spacial score (nSPS) is 9.09. The molecule has 0 aliphatic heterocycles. The second kappa shape index (κ2) is 9.04. The van der Waals surface area contributed by atoms with Gasteiger partial charge in [0.05, 0.1) is 12.8 Å². The van der Waals surface area contributed by atoms with Crippen molar-refractivity contribution >= 4 is 17.3 Å². The summed E-state index contributed by atoms with van der Waals surface area (Å²) in [5, 5.41) is 23.0. The Bertz CT molecular complexity index is 623. The number of unbranched alkanes of at least 4 members (excludes halogenated alkanes) is 1. The summed E-state index contributed by atoms with van der Waals surface area (Å²) in [4.78, 5) is 11.8. The molecule has 6 nitrogen and oxygen atoms in total. The fourth-order valence-electron chi connectivity index (χ4n) is 1.69. The van der Waals surface area contributed by atoms with Gasteiger partial charge in [-0.25, -0.2) is 0 Å². The van der Waals surface area contributed by atoms with Gasteiger partial charge in [-0.1, -0.05) is 13.3 Å². The van der Waals surface area contributed by atoms with E-state index in [1.54, 1.807) is 30.3 Å². The molecule has 0 fully saturated rings. The highest BCUT2D eigenvalue weighted by atomic mass is 16.5. The maximum atomic E-state index is 11.8. The molecule has 0 saturated heterocycles. The van der Waals surface area contributed by atoms with Crippen LogP contribution in [-0.2, 0) is 4.79 Å². The Morgan fingerprint density at radius 2 is 2.09 bits per heavy atom. The Morgan fingerprint density at radius 3 is 2.68 bits per heavy atom. The second-order valence-corrected chi connectivity index (χ2v) is 4.49. The van der Waals surface area contributed by atoms with Gasteiger partial charge in [-0.05, 0) is 24.6 Å². The molecule has 0 aromatic heterocycles. The van der Waals surface area contributed by atoms with Crippen LogP contribution in [-0.4, -0.2) is 13.0 Å². The van der Waals surface area contributed by atoms with Crippen LogP contribution in [0.5, 0.6) is 5.75 Å². The van der Waals surface area contributed by atoms with E-state index >= 15 is 0 Å². The lowest BCUT2D eigenvalue weighted by Crippen LogP contribution is -2.12. The number of allylic oxidation sites excluding steroid dienone is 1. The van der Waals surface area contributed by atoms with Crippen LogP contribution in [0.1, 0.15) is 26.2 Å². The van der Waals surface area contributed by atoms with E-state index in [4.69, 9.17) is 15.3 Å². The summed E-state index contributed by atoms with van der Waals surface area (Å²) >= 11 is 0. The maximum absolute atomic E-state index is 11.8. The van der Waals surface area contributed by atoms with Gasteiger partial charge in [-0.3, -0.25) is 4.79 Å². The van der Waals surface area contributed by atoms with Gasteiger partial charge >= 0.3 is 0 Å². The maximum Gasteiger partial charge on any atom is 0.224 e. The zero-order valence-electron chi connectivity index (χ0n) is 12.6. The molecule has 0 aliphatic carbocycles. The van der Waals surface area contributed by atoms with E-state index < -0.39 is 0 Å². The largest absolute Gasteiger partial charge is 0.495 e. The highest BCUT2D eigenvalue weighted by molar-refractivity contribution is 5.93. The number of carbonyl (C=O) groups is 1. The van der Waals surface area contributed by atoms with Crippen molar-refractivity contribution in [1.29, 1.82) is 10.5 Å². The van der Waals surface area contributed by atoms with Crippen molar-refractivity contribution in [1.82, 2.24) is 0 Å². The van der Waals surface area contributed by atoms with E-state index in [0.29, 0.717) is 23.5 Å². The molecule has 0 radical (unpaired) electrons. The first kappa shape index (κ1) is 17.1. The SMILES string of the molecule is CCCCC(=O)Nc1cc(NC=C(C#N)C#N)ccc1OC. The molecule has 22 heavy (non-hydrogen) atoms. The van der Waals surface area contributed by atoms with Crippen molar-refractivity contribution in [2.75, 3.05) is 17.7 Å². The van der Waals surface area contributed by atoms with E-state index in [-0.39, 0.29) is 11.5 Å². The Morgan fingerprint density at radius 1 is 1.36 bits per heavy atom. The van der Waals surface area contributed by atoms with E-state index in [9.17, 15) is 4.79 Å². The predicted molar refractivity (Wildman–Crippen MR) is 84.1 cm³/mol. The van der Waals surface area contributed by atoms with Crippen LogP contribution in [0.15, 0.2) is 30.0 Å². The van der Waals surface area contributed by atoms with Crippen LogP contribution < -0.4 is 15.4 Å². The first-order chi connectivity index (χ1) is 10.6. The number of hydrogen-bond acceptors (Lipinski definition) is 5. The molecule has 0 aliphatic rings. The second-order valence-electron chi connectivity index (χ2n) is 4.49. The number of hydrogen-bond donors (Lipinski definition) is 2. The number of nitriles is 2. The quantitative estimate of drug-likeness (QED) is 0.753. The molecule has 0 spiro atoms. The summed E-state index contributed by atoms with van der Waals surface area (Å²) in [5.41, 5.74) is 1.14. The average molecular weight is 298 g/mol. The number of amides is 1. The van der Waals surface area contributed by atoms with Gasteiger partial charge in [-0.2, -0.15) is 10.5 Å². The molecule has 0 heterocycles. The molecule has 2 N–H and O–H groups in total. The topological polar surface area (TPSA) is 97.9 Å². The van der Waals surface area contributed by atoms with Gasteiger partial charge in [0.25, 0.3) is 0 Å². The molecule has 0 unspecified atom stereocenters.